The van der Waals surface area contributed by atoms with Gasteiger partial charge in [0, 0.05) is 12.0 Å². The van der Waals surface area contributed by atoms with Crippen molar-refractivity contribution in [3.63, 3.8) is 0 Å². The minimum Gasteiger partial charge on any atom is -0.459 e. The van der Waals surface area contributed by atoms with Crippen LogP contribution in [0, 0.1) is 5.41 Å². The molecule has 1 saturated carbocycles. The maximum absolute atomic E-state index is 12.5. The van der Waals surface area contributed by atoms with Crippen molar-refractivity contribution in [1.82, 2.24) is 0 Å². The molecule has 0 amide bonds. The molecule has 0 bridgehead atoms. The second-order valence-corrected chi connectivity index (χ2v) is 6.81. The highest BCUT2D eigenvalue weighted by molar-refractivity contribution is 6.10. The van der Waals surface area contributed by atoms with E-state index in [0.29, 0.717) is 24.8 Å². The molecule has 23 heavy (non-hydrogen) atoms. The van der Waals surface area contributed by atoms with Gasteiger partial charge in [0.2, 0.25) is 0 Å². The number of esters is 1. The van der Waals surface area contributed by atoms with E-state index in [-0.39, 0.29) is 11.6 Å². The molecule has 0 spiro atoms. The van der Waals surface area contributed by atoms with Crippen molar-refractivity contribution in [2.45, 2.75) is 45.6 Å². The molecule has 1 aliphatic rings. The molecule has 0 radical (unpaired) electrons. The fourth-order valence-electron chi connectivity index (χ4n) is 2.64. The van der Waals surface area contributed by atoms with Crippen LogP contribution in [0.2, 0.25) is 0 Å². The maximum Gasteiger partial charge on any atom is 0.324 e. The summed E-state index contributed by atoms with van der Waals surface area (Å²) >= 11 is 0. The molecule has 0 aliphatic heterocycles. The average Bonchev–Trinajstić information content (AvgIpc) is 2.86. The molecule has 1 fully saturated rings. The number of benzene rings is 1. The first-order chi connectivity index (χ1) is 10.7. The first-order valence-corrected chi connectivity index (χ1v) is 7.80. The Kier molecular flexibility index (Phi) is 4.83. The molecule has 1 atom stereocenters. The molecule has 0 unspecified atom stereocenters. The predicted octanol–water partition coefficient (Wildman–Crippen LogP) is 3.51. The average molecular weight is 314 g/mol. The number of ketones is 2. The third-order valence-electron chi connectivity index (χ3n) is 3.81. The summed E-state index contributed by atoms with van der Waals surface area (Å²) < 4.78 is 5.41. The summed E-state index contributed by atoms with van der Waals surface area (Å²) in [7, 11) is 0. The van der Waals surface area contributed by atoms with Crippen LogP contribution in [0.5, 0.6) is 0 Å². The molecule has 0 saturated heterocycles. The van der Waals surface area contributed by atoms with E-state index >= 15 is 0 Å². The summed E-state index contributed by atoms with van der Waals surface area (Å²) in [4.78, 5) is 37.1. The molecule has 1 aromatic rings. The molecule has 1 aliphatic carbocycles. The van der Waals surface area contributed by atoms with Crippen LogP contribution >= 0.6 is 0 Å². The predicted molar refractivity (Wildman–Crippen MR) is 87.0 cm³/mol. The number of hydrogen-bond donors (Lipinski definition) is 0. The summed E-state index contributed by atoms with van der Waals surface area (Å²) in [5, 5.41) is 0. The number of carbonyl (C=O) groups excluding carboxylic acids is 3. The second-order valence-electron chi connectivity index (χ2n) is 6.81. The Morgan fingerprint density at radius 1 is 1.17 bits per heavy atom. The van der Waals surface area contributed by atoms with E-state index in [4.69, 9.17) is 4.74 Å². The molecule has 0 heterocycles. The van der Waals surface area contributed by atoms with E-state index in [9.17, 15) is 14.4 Å². The number of Topliss-reactive ketones (excluding diaryl/α,β-unsaturated/α-hetero) is 1. The lowest BCUT2D eigenvalue weighted by Gasteiger charge is -2.27. The van der Waals surface area contributed by atoms with Gasteiger partial charge in [-0.25, -0.2) is 0 Å². The van der Waals surface area contributed by atoms with Crippen LogP contribution < -0.4 is 0 Å². The van der Waals surface area contributed by atoms with E-state index in [1.54, 1.807) is 45.0 Å². The zero-order chi connectivity index (χ0) is 17.1. The van der Waals surface area contributed by atoms with Gasteiger partial charge in [-0.15, -0.1) is 0 Å². The van der Waals surface area contributed by atoms with Crippen LogP contribution in [0.1, 0.15) is 50.4 Å². The van der Waals surface area contributed by atoms with Crippen LogP contribution in [0.25, 0.3) is 0 Å². The van der Waals surface area contributed by atoms with Crippen LogP contribution in [-0.4, -0.2) is 23.1 Å². The molecular formula is C19H22O4. The standard InChI is InChI=1S/C19H22O4/c1-18(2,3)23-17(22)19(12-7-10-16(19)21)13-11-15(20)14-8-5-4-6-9-14/h4-6,8-9,11,13H,7,10,12H2,1-3H3/b13-11-/t19-/m0/s1. The van der Waals surface area contributed by atoms with Crippen LogP contribution in [0.4, 0.5) is 0 Å². The van der Waals surface area contributed by atoms with Crippen LogP contribution in [-0.2, 0) is 14.3 Å². The highest BCUT2D eigenvalue weighted by atomic mass is 16.6. The van der Waals surface area contributed by atoms with E-state index < -0.39 is 17.0 Å². The van der Waals surface area contributed by atoms with Gasteiger partial charge in [0.05, 0.1) is 0 Å². The Labute approximate surface area is 136 Å². The first-order valence-electron chi connectivity index (χ1n) is 7.80. The van der Waals surface area contributed by atoms with E-state index in [2.05, 4.69) is 0 Å². The summed E-state index contributed by atoms with van der Waals surface area (Å²) in [5.41, 5.74) is -1.48. The van der Waals surface area contributed by atoms with E-state index in [1.165, 1.54) is 12.2 Å². The second kappa shape index (κ2) is 6.49. The Morgan fingerprint density at radius 3 is 2.35 bits per heavy atom. The van der Waals surface area contributed by atoms with Crippen molar-refractivity contribution >= 4 is 17.5 Å². The van der Waals surface area contributed by atoms with E-state index in [1.807, 2.05) is 6.07 Å². The SMILES string of the molecule is CC(C)(C)OC(=O)[C@]1(/C=C\C(=O)c2ccccc2)CCCC1=O. The molecule has 2 rings (SSSR count). The Bertz CT molecular complexity index is 637. The topological polar surface area (TPSA) is 60.4 Å². The van der Waals surface area contributed by atoms with Gasteiger partial charge >= 0.3 is 5.97 Å². The minimum atomic E-state index is -1.32. The van der Waals surface area contributed by atoms with Gasteiger partial charge < -0.3 is 4.74 Å². The molecule has 122 valence electrons. The maximum atomic E-state index is 12.5. The molecule has 4 heteroatoms. The summed E-state index contributed by atoms with van der Waals surface area (Å²) in [6.45, 7) is 5.28. The fourth-order valence-corrected chi connectivity index (χ4v) is 2.64. The van der Waals surface area contributed by atoms with Gasteiger partial charge in [-0.1, -0.05) is 36.4 Å². The molecule has 1 aromatic carbocycles. The lowest BCUT2D eigenvalue weighted by atomic mass is 9.84. The minimum absolute atomic E-state index is 0.177. The van der Waals surface area contributed by atoms with Gasteiger partial charge in [-0.2, -0.15) is 0 Å². The van der Waals surface area contributed by atoms with Crippen molar-refractivity contribution in [3.05, 3.63) is 48.0 Å². The zero-order valence-electron chi connectivity index (χ0n) is 13.8. The lowest BCUT2D eigenvalue weighted by Crippen LogP contribution is -2.39. The summed E-state index contributed by atoms with van der Waals surface area (Å²) in [6.07, 6.45) is 4.11. The number of carbonyl (C=O) groups is 3. The number of ether oxygens (including phenoxy) is 1. The summed E-state index contributed by atoms with van der Waals surface area (Å²) in [5.74, 6) is -0.971. The fraction of sp³-hybridized carbons (Fsp3) is 0.421. The lowest BCUT2D eigenvalue weighted by molar-refractivity contribution is -0.166. The largest absolute Gasteiger partial charge is 0.459 e. The molecule has 0 aromatic heterocycles. The smallest absolute Gasteiger partial charge is 0.324 e. The van der Waals surface area contributed by atoms with Gasteiger partial charge in [0.25, 0.3) is 0 Å². The Balaban J connectivity index is 2.26. The number of rotatable bonds is 4. The monoisotopic (exact) mass is 314 g/mol. The highest BCUT2D eigenvalue weighted by Crippen LogP contribution is 2.38. The van der Waals surface area contributed by atoms with Crippen LogP contribution in [0.3, 0.4) is 0 Å². The van der Waals surface area contributed by atoms with Gasteiger partial charge in [-0.3, -0.25) is 14.4 Å². The van der Waals surface area contributed by atoms with Gasteiger partial charge in [0.15, 0.2) is 11.6 Å². The zero-order valence-corrected chi connectivity index (χ0v) is 13.8. The third-order valence-corrected chi connectivity index (χ3v) is 3.81. The first kappa shape index (κ1) is 17.1. The van der Waals surface area contributed by atoms with Crippen molar-refractivity contribution in [3.8, 4) is 0 Å². The molecule has 0 N–H and O–H groups in total. The number of allylic oxidation sites excluding steroid dienone is 1. The molecular weight excluding hydrogens is 292 g/mol. The summed E-state index contributed by atoms with van der Waals surface area (Å²) in [6, 6.07) is 8.76. The van der Waals surface area contributed by atoms with Gasteiger partial charge in [-0.05, 0) is 39.7 Å². The molecule has 4 nitrogen and oxygen atoms in total. The third kappa shape index (κ3) is 3.95. The quantitative estimate of drug-likeness (QED) is 0.369. The van der Waals surface area contributed by atoms with Gasteiger partial charge in [0.1, 0.15) is 11.0 Å². The van der Waals surface area contributed by atoms with E-state index in [0.717, 1.165) is 0 Å². The number of hydrogen-bond acceptors (Lipinski definition) is 4. The normalized spacial score (nSPS) is 21.6. The highest BCUT2D eigenvalue weighted by Gasteiger charge is 2.49. The van der Waals surface area contributed by atoms with Crippen molar-refractivity contribution in [2.24, 2.45) is 5.41 Å². The van der Waals surface area contributed by atoms with Crippen LogP contribution in [0.15, 0.2) is 42.5 Å². The van der Waals surface area contributed by atoms with Crippen molar-refractivity contribution in [2.75, 3.05) is 0 Å². The van der Waals surface area contributed by atoms with Crippen molar-refractivity contribution < 1.29 is 19.1 Å². The Hall–Kier alpha value is -2.23. The van der Waals surface area contributed by atoms with Crippen molar-refractivity contribution in [1.29, 1.82) is 0 Å². The Morgan fingerprint density at radius 2 is 1.83 bits per heavy atom.